The maximum atomic E-state index is 6.19. The number of rotatable bonds is 7. The molecule has 0 N–H and O–H groups in total. The van der Waals surface area contributed by atoms with Gasteiger partial charge in [0.1, 0.15) is 0 Å². The van der Waals surface area contributed by atoms with Crippen LogP contribution in [0, 0.1) is 0 Å². The molecule has 0 aliphatic heterocycles. The number of fused-ring (bicyclic) bond motifs is 3. The van der Waals surface area contributed by atoms with Crippen molar-refractivity contribution in [3.63, 3.8) is 0 Å². The topological polar surface area (TPSA) is 18.5 Å². The third-order valence-electron chi connectivity index (χ3n) is 4.94. The van der Waals surface area contributed by atoms with E-state index in [1.165, 1.54) is 37.5 Å². The Morgan fingerprint density at radius 2 is 1.19 bits per heavy atom. The van der Waals surface area contributed by atoms with E-state index < -0.39 is 9.28 Å². The van der Waals surface area contributed by atoms with Gasteiger partial charge in [0.05, 0.1) is 0 Å². The highest BCUT2D eigenvalue weighted by Gasteiger charge is 2.19. The van der Waals surface area contributed by atoms with E-state index in [1.54, 1.807) is 0 Å². The molecule has 0 saturated heterocycles. The fourth-order valence-corrected chi connectivity index (χ4v) is 5.75. The van der Waals surface area contributed by atoms with Crippen molar-refractivity contribution in [2.24, 2.45) is 0 Å². The highest BCUT2D eigenvalue weighted by Crippen LogP contribution is 2.27. The maximum absolute atomic E-state index is 6.19. The van der Waals surface area contributed by atoms with Gasteiger partial charge in [0.15, 0.2) is 0 Å². The zero-order valence-corrected chi connectivity index (χ0v) is 17.2. The molecule has 3 heteroatoms. The van der Waals surface area contributed by atoms with Gasteiger partial charge in [-0.1, -0.05) is 56.3 Å². The number of hydrogen-bond acceptors (Lipinski definition) is 2. The predicted molar refractivity (Wildman–Crippen MR) is 118 cm³/mol. The second kappa shape index (κ2) is 8.22. The molecule has 0 amide bonds. The molecule has 0 unspecified atom stereocenters. The van der Waals surface area contributed by atoms with Gasteiger partial charge < -0.3 is 8.85 Å². The Labute approximate surface area is 162 Å². The highest BCUT2D eigenvalue weighted by atomic mass is 28.3. The molecule has 0 heterocycles. The van der Waals surface area contributed by atoms with E-state index in [1.807, 2.05) is 0 Å². The fourth-order valence-electron chi connectivity index (χ4n) is 3.63. The molecule has 0 radical (unpaired) electrons. The van der Waals surface area contributed by atoms with Gasteiger partial charge in [-0.2, -0.15) is 0 Å². The summed E-state index contributed by atoms with van der Waals surface area (Å²) in [5.41, 5.74) is 0. The van der Waals surface area contributed by atoms with Crippen LogP contribution in [0.3, 0.4) is 0 Å². The lowest BCUT2D eigenvalue weighted by Gasteiger charge is -2.18. The van der Waals surface area contributed by atoms with Crippen LogP contribution < -0.4 is 5.19 Å². The summed E-state index contributed by atoms with van der Waals surface area (Å²) in [6, 6.07) is 24.3. The van der Waals surface area contributed by atoms with Gasteiger partial charge in [0.25, 0.3) is 0 Å². The average molecular weight is 375 g/mol. The lowest BCUT2D eigenvalue weighted by Crippen LogP contribution is -2.38. The molecule has 138 valence electrons. The molecule has 0 fully saturated rings. The molecule has 0 saturated carbocycles. The van der Waals surface area contributed by atoms with E-state index >= 15 is 0 Å². The SMILES string of the molecule is CCCO[SiH](OCCC)c1cccc2cc3cc4ccccc4cc3cc12. The van der Waals surface area contributed by atoms with Gasteiger partial charge >= 0.3 is 9.28 Å². The molecule has 4 rings (SSSR count). The summed E-state index contributed by atoms with van der Waals surface area (Å²) in [5.74, 6) is 0. The molecular weight excluding hydrogens is 348 g/mol. The van der Waals surface area contributed by atoms with Crippen molar-refractivity contribution in [2.45, 2.75) is 26.7 Å². The second-order valence-corrected chi connectivity index (χ2v) is 8.99. The van der Waals surface area contributed by atoms with Crippen molar-refractivity contribution in [3.8, 4) is 0 Å². The normalized spacial score (nSPS) is 11.8. The van der Waals surface area contributed by atoms with Crippen LogP contribution in [-0.4, -0.2) is 22.5 Å². The van der Waals surface area contributed by atoms with Crippen molar-refractivity contribution < 1.29 is 8.85 Å². The fraction of sp³-hybridized carbons (Fsp3) is 0.250. The Morgan fingerprint density at radius 3 is 1.81 bits per heavy atom. The first-order valence-electron chi connectivity index (χ1n) is 9.88. The van der Waals surface area contributed by atoms with E-state index in [2.05, 4.69) is 80.6 Å². The Hall–Kier alpha value is -2.20. The molecular formula is C24H26O2Si. The molecule has 0 aliphatic carbocycles. The molecule has 0 aromatic heterocycles. The molecule has 4 aromatic carbocycles. The highest BCUT2D eigenvalue weighted by molar-refractivity contribution is 6.64. The van der Waals surface area contributed by atoms with Gasteiger partial charge in [-0.15, -0.1) is 0 Å². The molecule has 0 atom stereocenters. The third-order valence-corrected chi connectivity index (χ3v) is 7.02. The predicted octanol–water partition coefficient (Wildman–Crippen LogP) is 5.43. The van der Waals surface area contributed by atoms with Crippen LogP contribution in [0.4, 0.5) is 0 Å². The van der Waals surface area contributed by atoms with Crippen molar-refractivity contribution >= 4 is 46.8 Å². The molecule has 27 heavy (non-hydrogen) atoms. The summed E-state index contributed by atoms with van der Waals surface area (Å²) in [4.78, 5) is 0. The van der Waals surface area contributed by atoms with E-state index in [-0.39, 0.29) is 0 Å². The number of hydrogen-bond donors (Lipinski definition) is 0. The summed E-state index contributed by atoms with van der Waals surface area (Å²) in [7, 11) is -1.91. The molecule has 2 nitrogen and oxygen atoms in total. The lowest BCUT2D eigenvalue weighted by atomic mass is 10.00. The summed E-state index contributed by atoms with van der Waals surface area (Å²) in [6.07, 6.45) is 2.03. The number of benzene rings is 4. The largest absolute Gasteiger partial charge is 0.393 e. The van der Waals surface area contributed by atoms with E-state index in [9.17, 15) is 0 Å². The van der Waals surface area contributed by atoms with Crippen LogP contribution in [0.25, 0.3) is 32.3 Å². The summed E-state index contributed by atoms with van der Waals surface area (Å²) < 4.78 is 12.4. The Bertz CT molecular complexity index is 1070. The van der Waals surface area contributed by atoms with Crippen LogP contribution in [0.1, 0.15) is 26.7 Å². The Balaban J connectivity index is 1.87. The Morgan fingerprint density at radius 1 is 0.630 bits per heavy atom. The maximum Gasteiger partial charge on any atom is 0.356 e. The molecule has 4 aromatic rings. The van der Waals surface area contributed by atoms with Crippen molar-refractivity contribution in [1.82, 2.24) is 0 Å². The summed E-state index contributed by atoms with van der Waals surface area (Å²) in [5, 5.41) is 8.89. The van der Waals surface area contributed by atoms with Crippen LogP contribution in [-0.2, 0) is 8.85 Å². The smallest absolute Gasteiger partial charge is 0.356 e. The third kappa shape index (κ3) is 3.77. The van der Waals surface area contributed by atoms with Crippen molar-refractivity contribution in [2.75, 3.05) is 13.2 Å². The van der Waals surface area contributed by atoms with Gasteiger partial charge in [0.2, 0.25) is 0 Å². The zero-order chi connectivity index (χ0) is 18.6. The molecule has 0 aliphatic rings. The van der Waals surface area contributed by atoms with Crippen molar-refractivity contribution in [3.05, 3.63) is 66.7 Å². The second-order valence-electron chi connectivity index (χ2n) is 7.04. The minimum Gasteiger partial charge on any atom is -0.393 e. The van der Waals surface area contributed by atoms with Gasteiger partial charge in [0, 0.05) is 13.2 Å². The van der Waals surface area contributed by atoms with E-state index in [4.69, 9.17) is 8.85 Å². The monoisotopic (exact) mass is 374 g/mol. The van der Waals surface area contributed by atoms with Crippen LogP contribution in [0.2, 0.25) is 0 Å². The summed E-state index contributed by atoms with van der Waals surface area (Å²) in [6.45, 7) is 5.81. The van der Waals surface area contributed by atoms with E-state index in [0.29, 0.717) is 0 Å². The average Bonchev–Trinajstić information content (AvgIpc) is 2.70. The first kappa shape index (κ1) is 18.2. The quantitative estimate of drug-likeness (QED) is 0.317. The molecule has 0 bridgehead atoms. The minimum absolute atomic E-state index is 0.759. The zero-order valence-electron chi connectivity index (χ0n) is 16.1. The van der Waals surface area contributed by atoms with Crippen LogP contribution in [0.15, 0.2) is 66.7 Å². The lowest BCUT2D eigenvalue weighted by molar-refractivity contribution is 0.208. The standard InChI is InChI=1S/C24H26O2Si/c1-3-12-25-27(26-13-4-2)24-11-7-10-20-16-21-14-18-8-5-6-9-19(18)15-22(21)17-23(20)24/h5-11,14-17,27H,3-4,12-13H2,1-2H3. The summed E-state index contributed by atoms with van der Waals surface area (Å²) >= 11 is 0. The molecule has 0 spiro atoms. The van der Waals surface area contributed by atoms with E-state index in [0.717, 1.165) is 26.1 Å². The minimum atomic E-state index is -1.91. The Kier molecular flexibility index (Phi) is 5.53. The van der Waals surface area contributed by atoms with Crippen molar-refractivity contribution in [1.29, 1.82) is 0 Å². The van der Waals surface area contributed by atoms with Crippen LogP contribution in [0.5, 0.6) is 0 Å². The van der Waals surface area contributed by atoms with Gasteiger partial charge in [-0.25, -0.2) is 0 Å². The first-order chi connectivity index (χ1) is 13.3. The first-order valence-corrected chi connectivity index (χ1v) is 11.4. The van der Waals surface area contributed by atoms with Gasteiger partial charge in [-0.3, -0.25) is 0 Å². The van der Waals surface area contributed by atoms with Gasteiger partial charge in [-0.05, 0) is 74.6 Å². The van der Waals surface area contributed by atoms with Crippen LogP contribution >= 0.6 is 0 Å².